The first kappa shape index (κ1) is 22.7. The monoisotopic (exact) mass is 444 g/mol. The number of nitrogens with zero attached hydrogens (tertiary/aromatic N) is 1. The Bertz CT molecular complexity index is 836. The lowest BCUT2D eigenvalue weighted by Gasteiger charge is -2.37. The first-order valence-corrected chi connectivity index (χ1v) is 11.3. The second kappa shape index (κ2) is 10.4. The van der Waals surface area contributed by atoms with E-state index in [0.717, 1.165) is 62.9 Å². The molecule has 2 aromatic carbocycles. The maximum absolute atomic E-state index is 13.3. The van der Waals surface area contributed by atoms with Gasteiger partial charge in [-0.2, -0.15) is 0 Å². The predicted octanol–water partition coefficient (Wildman–Crippen LogP) is 4.82. The number of hydrogen-bond acceptors (Lipinski definition) is 4. The highest BCUT2D eigenvalue weighted by molar-refractivity contribution is 5.70. The number of benzene rings is 2. The van der Waals surface area contributed by atoms with E-state index in [0.29, 0.717) is 13.2 Å². The van der Waals surface area contributed by atoms with Crippen molar-refractivity contribution in [1.29, 1.82) is 0 Å². The molecule has 2 heterocycles. The van der Waals surface area contributed by atoms with Gasteiger partial charge >= 0.3 is 6.09 Å². The number of piperidine rings is 1. The molecule has 0 radical (unpaired) electrons. The van der Waals surface area contributed by atoms with Crippen LogP contribution in [0.15, 0.2) is 48.5 Å². The number of amides is 1. The van der Waals surface area contributed by atoms with Gasteiger partial charge in [0.05, 0.1) is 6.54 Å². The third kappa shape index (κ3) is 5.84. The summed E-state index contributed by atoms with van der Waals surface area (Å²) in [6.07, 6.45) is 4.15. The third-order valence-corrected chi connectivity index (χ3v) is 6.38. The Hall–Kier alpha value is -2.51. The van der Waals surface area contributed by atoms with Crippen molar-refractivity contribution >= 4 is 6.09 Å². The van der Waals surface area contributed by atoms with Crippen LogP contribution < -0.4 is 5.32 Å². The number of nitrogens with one attached hydrogen (secondary N) is 1. The first-order chi connectivity index (χ1) is 15.5. The Balaban J connectivity index is 1.19. The molecule has 0 aromatic heterocycles. The van der Waals surface area contributed by atoms with Gasteiger partial charge in [-0.1, -0.05) is 24.3 Å². The smallest absolute Gasteiger partial charge is 0.407 e. The highest BCUT2D eigenvalue weighted by Crippen LogP contribution is 2.30. The molecule has 32 heavy (non-hydrogen) atoms. The van der Waals surface area contributed by atoms with Gasteiger partial charge in [-0.25, -0.2) is 13.6 Å². The molecule has 2 aliphatic rings. The SMILES string of the molecule is O=C1NCC2(CCN(CCCCCOC(c3ccc(F)cc3)c3ccc(F)cc3)CC2)O1. The summed E-state index contributed by atoms with van der Waals surface area (Å²) in [7, 11) is 0. The fraction of sp³-hybridized carbons (Fsp3) is 0.480. The summed E-state index contributed by atoms with van der Waals surface area (Å²) in [6.45, 7) is 4.12. The molecule has 0 unspecified atom stereocenters. The number of ether oxygens (including phenoxy) is 2. The van der Waals surface area contributed by atoms with Gasteiger partial charge in [-0.15, -0.1) is 0 Å². The minimum Gasteiger partial charge on any atom is -0.441 e. The standard InChI is InChI=1S/C25H30F2N2O3/c26-21-8-4-19(5-9-21)23(20-6-10-22(27)11-7-20)31-17-3-1-2-14-29-15-12-25(13-16-29)18-28-24(30)32-25/h4-11,23H,1-3,12-18H2,(H,28,30). The lowest BCUT2D eigenvalue weighted by molar-refractivity contribution is 0.000451. The van der Waals surface area contributed by atoms with Crippen molar-refractivity contribution in [2.45, 2.75) is 43.8 Å². The van der Waals surface area contributed by atoms with Crippen LogP contribution in [-0.2, 0) is 9.47 Å². The quantitative estimate of drug-likeness (QED) is 0.564. The van der Waals surface area contributed by atoms with Gasteiger partial charge in [0, 0.05) is 32.5 Å². The van der Waals surface area contributed by atoms with E-state index >= 15 is 0 Å². The van der Waals surface area contributed by atoms with Crippen LogP contribution in [0.4, 0.5) is 13.6 Å². The molecule has 0 bridgehead atoms. The molecule has 0 saturated carbocycles. The Morgan fingerprint density at radius 1 is 0.938 bits per heavy atom. The molecule has 1 spiro atoms. The largest absolute Gasteiger partial charge is 0.441 e. The third-order valence-electron chi connectivity index (χ3n) is 6.38. The molecule has 0 aliphatic carbocycles. The van der Waals surface area contributed by atoms with E-state index in [1.807, 2.05) is 0 Å². The Kier molecular flexibility index (Phi) is 7.37. The molecule has 4 rings (SSSR count). The molecule has 1 amide bonds. The highest BCUT2D eigenvalue weighted by Gasteiger charge is 2.42. The minimum atomic E-state index is -0.350. The number of alkyl carbamates (subject to hydrolysis) is 1. The van der Waals surface area contributed by atoms with Crippen LogP contribution in [-0.4, -0.2) is 49.4 Å². The van der Waals surface area contributed by atoms with Crippen LogP contribution in [0, 0.1) is 11.6 Å². The highest BCUT2D eigenvalue weighted by atomic mass is 19.1. The summed E-state index contributed by atoms with van der Waals surface area (Å²) in [5.41, 5.74) is 1.40. The zero-order chi connectivity index (χ0) is 22.4. The van der Waals surface area contributed by atoms with Crippen LogP contribution >= 0.6 is 0 Å². The molecule has 2 saturated heterocycles. The van der Waals surface area contributed by atoms with Crippen LogP contribution in [0.1, 0.15) is 49.3 Å². The van der Waals surface area contributed by atoms with E-state index in [2.05, 4.69) is 10.2 Å². The molecule has 2 aliphatic heterocycles. The lowest BCUT2D eigenvalue weighted by atomic mass is 9.91. The van der Waals surface area contributed by atoms with Crippen molar-refractivity contribution < 1.29 is 23.0 Å². The first-order valence-electron chi connectivity index (χ1n) is 11.3. The number of unbranched alkanes of at least 4 members (excludes halogenated alkanes) is 2. The van der Waals surface area contributed by atoms with Crippen molar-refractivity contribution in [2.24, 2.45) is 0 Å². The maximum atomic E-state index is 13.3. The topological polar surface area (TPSA) is 50.8 Å². The van der Waals surface area contributed by atoms with Gasteiger partial charge < -0.3 is 19.7 Å². The van der Waals surface area contributed by atoms with Crippen LogP contribution in [0.25, 0.3) is 0 Å². The number of likely N-dealkylation sites (tertiary alicyclic amines) is 1. The molecule has 2 aromatic rings. The summed E-state index contributed by atoms with van der Waals surface area (Å²) in [5, 5.41) is 2.77. The second-order valence-corrected chi connectivity index (χ2v) is 8.68. The van der Waals surface area contributed by atoms with E-state index in [4.69, 9.17) is 9.47 Å². The zero-order valence-electron chi connectivity index (χ0n) is 18.2. The van der Waals surface area contributed by atoms with Crippen LogP contribution in [0.5, 0.6) is 0 Å². The average molecular weight is 445 g/mol. The number of carbonyl (C=O) groups excluding carboxylic acids is 1. The summed E-state index contributed by atoms with van der Waals surface area (Å²) in [4.78, 5) is 13.8. The van der Waals surface area contributed by atoms with Crippen molar-refractivity contribution in [3.63, 3.8) is 0 Å². The molecule has 0 atom stereocenters. The van der Waals surface area contributed by atoms with E-state index in [9.17, 15) is 13.6 Å². The molecule has 7 heteroatoms. The fourth-order valence-corrected chi connectivity index (χ4v) is 4.44. The molecule has 1 N–H and O–H groups in total. The normalized spacial score (nSPS) is 18.2. The van der Waals surface area contributed by atoms with Crippen molar-refractivity contribution in [3.8, 4) is 0 Å². The van der Waals surface area contributed by atoms with Crippen molar-refractivity contribution in [3.05, 3.63) is 71.3 Å². The van der Waals surface area contributed by atoms with Gasteiger partial charge in [0.2, 0.25) is 0 Å². The molecule has 5 nitrogen and oxygen atoms in total. The second-order valence-electron chi connectivity index (χ2n) is 8.68. The molecular weight excluding hydrogens is 414 g/mol. The van der Waals surface area contributed by atoms with E-state index in [1.165, 1.54) is 24.3 Å². The molecular formula is C25H30F2N2O3. The predicted molar refractivity (Wildman–Crippen MR) is 117 cm³/mol. The molecule has 2 fully saturated rings. The van der Waals surface area contributed by atoms with Gasteiger partial charge in [-0.3, -0.25) is 0 Å². The van der Waals surface area contributed by atoms with Gasteiger partial charge in [0.25, 0.3) is 0 Å². The summed E-state index contributed by atoms with van der Waals surface area (Å²) >= 11 is 0. The van der Waals surface area contributed by atoms with Crippen molar-refractivity contribution in [1.82, 2.24) is 10.2 Å². The van der Waals surface area contributed by atoms with E-state index in [1.54, 1.807) is 24.3 Å². The number of halogens is 2. The minimum absolute atomic E-state index is 0.293. The number of hydrogen-bond donors (Lipinski definition) is 1. The van der Waals surface area contributed by atoms with Crippen molar-refractivity contribution in [2.75, 3.05) is 32.8 Å². The van der Waals surface area contributed by atoms with Gasteiger partial charge in [0.1, 0.15) is 23.3 Å². The average Bonchev–Trinajstić information content (AvgIpc) is 3.16. The van der Waals surface area contributed by atoms with Gasteiger partial charge in [0.15, 0.2) is 0 Å². The molecule has 172 valence electrons. The fourth-order valence-electron chi connectivity index (χ4n) is 4.44. The van der Waals surface area contributed by atoms with Crippen LogP contribution in [0.3, 0.4) is 0 Å². The Labute approximate surface area is 187 Å². The summed E-state index contributed by atoms with van der Waals surface area (Å²) in [5.74, 6) is -0.588. The summed E-state index contributed by atoms with van der Waals surface area (Å²) < 4.78 is 38.3. The maximum Gasteiger partial charge on any atom is 0.407 e. The zero-order valence-corrected chi connectivity index (χ0v) is 18.2. The Morgan fingerprint density at radius 2 is 1.53 bits per heavy atom. The van der Waals surface area contributed by atoms with E-state index < -0.39 is 0 Å². The number of carbonyl (C=O) groups is 1. The van der Waals surface area contributed by atoms with E-state index in [-0.39, 0.29) is 29.4 Å². The van der Waals surface area contributed by atoms with Crippen LogP contribution in [0.2, 0.25) is 0 Å². The van der Waals surface area contributed by atoms with Gasteiger partial charge in [-0.05, 0) is 61.2 Å². The lowest BCUT2D eigenvalue weighted by Crippen LogP contribution is -2.46. The number of rotatable bonds is 9. The summed E-state index contributed by atoms with van der Waals surface area (Å²) in [6, 6.07) is 12.5. The Morgan fingerprint density at radius 3 is 2.06 bits per heavy atom.